The summed E-state index contributed by atoms with van der Waals surface area (Å²) in [7, 11) is 1.14. The number of methoxy groups -OCH3 is 1. The van der Waals surface area contributed by atoms with Gasteiger partial charge in [-0.3, -0.25) is 4.79 Å². The number of aromatic nitrogens is 1. The largest absolute Gasteiger partial charge is 0.494 e. The van der Waals surface area contributed by atoms with E-state index in [0.717, 1.165) is 37.4 Å². The lowest BCUT2D eigenvalue weighted by Gasteiger charge is -2.39. The van der Waals surface area contributed by atoms with E-state index >= 15 is 0 Å². The van der Waals surface area contributed by atoms with Crippen molar-refractivity contribution in [2.75, 3.05) is 25.6 Å². The number of alkyl halides is 3. The van der Waals surface area contributed by atoms with Crippen LogP contribution in [0.5, 0.6) is 5.75 Å². The fourth-order valence-corrected chi connectivity index (χ4v) is 3.74. The van der Waals surface area contributed by atoms with Crippen LogP contribution in [0.2, 0.25) is 5.02 Å². The number of aliphatic hydroxyl groups is 1. The molecule has 2 atom stereocenters. The molecule has 184 valence electrons. The Morgan fingerprint density at radius 3 is 2.50 bits per heavy atom. The normalized spacial score (nSPS) is 14.6. The first-order chi connectivity index (χ1) is 15.9. The second-order valence-electron chi connectivity index (χ2n) is 7.36. The van der Waals surface area contributed by atoms with E-state index < -0.39 is 52.2 Å². The van der Waals surface area contributed by atoms with Crippen molar-refractivity contribution in [3.63, 3.8) is 0 Å². The topological polar surface area (TPSA) is 83.6 Å². The van der Waals surface area contributed by atoms with Gasteiger partial charge >= 0.3 is 6.18 Å². The van der Waals surface area contributed by atoms with Crippen molar-refractivity contribution in [3.8, 4) is 5.75 Å². The lowest BCUT2D eigenvalue weighted by molar-refractivity contribution is -0.281. The van der Waals surface area contributed by atoms with E-state index in [1.807, 2.05) is 0 Å². The summed E-state index contributed by atoms with van der Waals surface area (Å²) >= 11 is 6.06. The minimum Gasteiger partial charge on any atom is -0.494 e. The number of pyridine rings is 1. The second kappa shape index (κ2) is 9.77. The molecule has 0 saturated heterocycles. The molecule has 12 heteroatoms. The zero-order valence-electron chi connectivity index (χ0n) is 17.9. The number of hydrogen-bond donors (Lipinski definition) is 3. The van der Waals surface area contributed by atoms with Gasteiger partial charge in [-0.1, -0.05) is 17.7 Å². The second-order valence-corrected chi connectivity index (χ2v) is 7.74. The molecule has 34 heavy (non-hydrogen) atoms. The molecule has 3 N–H and O–H groups in total. The molecule has 0 fully saturated rings. The van der Waals surface area contributed by atoms with Crippen LogP contribution in [0, 0.1) is 11.6 Å². The molecule has 1 heterocycles. The van der Waals surface area contributed by atoms with Gasteiger partial charge in [0.2, 0.25) is 11.2 Å². The van der Waals surface area contributed by atoms with Gasteiger partial charge in [-0.2, -0.15) is 13.2 Å². The molecule has 0 spiro atoms. The molecule has 0 unspecified atom stereocenters. The number of hydrogen-bond acceptors (Lipinski definition) is 5. The van der Waals surface area contributed by atoms with Gasteiger partial charge in [-0.15, -0.1) is 0 Å². The van der Waals surface area contributed by atoms with Crippen LogP contribution < -0.4 is 15.6 Å². The van der Waals surface area contributed by atoms with Gasteiger partial charge in [0, 0.05) is 23.7 Å². The highest BCUT2D eigenvalue weighted by Crippen LogP contribution is 2.46. The van der Waals surface area contributed by atoms with Crippen LogP contribution in [0.3, 0.4) is 0 Å². The third kappa shape index (κ3) is 4.82. The first kappa shape index (κ1) is 25.7. The lowest BCUT2D eigenvalue weighted by atomic mass is 9.87. The fourth-order valence-electron chi connectivity index (χ4n) is 3.48. The van der Waals surface area contributed by atoms with E-state index in [-0.39, 0.29) is 28.9 Å². The molecule has 0 radical (unpaired) electrons. The number of fused-ring (bicyclic) bond motifs is 1. The maximum absolute atomic E-state index is 14.7. The van der Waals surface area contributed by atoms with Gasteiger partial charge in [-0.05, 0) is 36.8 Å². The molecule has 0 aliphatic rings. The number of benzene rings is 2. The van der Waals surface area contributed by atoms with E-state index in [9.17, 15) is 31.9 Å². The molecule has 2 aromatic carbocycles. The van der Waals surface area contributed by atoms with Crippen LogP contribution in [0.1, 0.15) is 18.5 Å². The molecular weight excluding hydrogens is 487 g/mol. The van der Waals surface area contributed by atoms with Crippen molar-refractivity contribution in [3.05, 3.63) is 69.0 Å². The van der Waals surface area contributed by atoms with Gasteiger partial charge in [0.1, 0.15) is 5.82 Å². The number of ether oxygens (including phenoxy) is 2. The third-order valence-corrected chi connectivity index (χ3v) is 5.59. The fraction of sp³-hybridized carbons (Fsp3) is 0.318. The molecule has 0 aliphatic carbocycles. The summed E-state index contributed by atoms with van der Waals surface area (Å²) < 4.78 is 81.4. The van der Waals surface area contributed by atoms with Crippen LogP contribution >= 0.6 is 11.6 Å². The molecule has 0 bridgehead atoms. The minimum absolute atomic E-state index is 0.0129. The molecular formula is C22H20ClF5N2O4. The highest BCUT2D eigenvalue weighted by molar-refractivity contribution is 6.31. The highest BCUT2D eigenvalue weighted by Gasteiger charge is 2.60. The zero-order valence-corrected chi connectivity index (χ0v) is 18.7. The molecule has 3 rings (SSSR count). The summed E-state index contributed by atoms with van der Waals surface area (Å²) in [6.07, 6.45) is -5.29. The Bertz CT molecular complexity index is 1250. The Morgan fingerprint density at radius 2 is 1.88 bits per heavy atom. The maximum atomic E-state index is 14.7. The Hall–Kier alpha value is -2.89. The number of rotatable bonds is 8. The Balaban J connectivity index is 2.28. The monoisotopic (exact) mass is 506 g/mol. The first-order valence-corrected chi connectivity index (χ1v) is 10.3. The smallest absolute Gasteiger partial charge is 0.421 e. The average Bonchev–Trinajstić information content (AvgIpc) is 2.76. The summed E-state index contributed by atoms with van der Waals surface area (Å²) in [4.78, 5) is 14.0. The van der Waals surface area contributed by atoms with Crippen molar-refractivity contribution in [1.82, 2.24) is 4.98 Å². The van der Waals surface area contributed by atoms with Gasteiger partial charge in [-0.25, -0.2) is 8.78 Å². The maximum Gasteiger partial charge on any atom is 0.421 e. The molecule has 3 aromatic rings. The summed E-state index contributed by atoms with van der Waals surface area (Å²) in [5.74, 6) is -2.37. The average molecular weight is 507 g/mol. The summed E-state index contributed by atoms with van der Waals surface area (Å²) in [6, 6.07) is 4.14. The Morgan fingerprint density at radius 1 is 1.18 bits per heavy atom. The quantitative estimate of drug-likeness (QED) is 0.377. The number of nitrogens with one attached hydrogen (secondary N) is 2. The van der Waals surface area contributed by atoms with Crippen LogP contribution in [0.25, 0.3) is 10.9 Å². The van der Waals surface area contributed by atoms with Crippen LogP contribution in [0.4, 0.5) is 27.6 Å². The van der Waals surface area contributed by atoms with E-state index in [4.69, 9.17) is 21.1 Å². The van der Waals surface area contributed by atoms with E-state index in [2.05, 4.69) is 10.3 Å². The van der Waals surface area contributed by atoms with Crippen LogP contribution in [0.15, 0.2) is 41.2 Å². The standard InChI is InChI=1S/C22H20ClF5N2O4/c1-3-34-10-21(32,22(26,27)28)20(13-4-6-16(33-2)19(25)18(13)23)30-15-9-11(24)8-14-12(15)5-7-17(31)29-14/h4-9,20,30,32H,3,10H2,1-2H3,(H,29,31)/t20-,21+/m0/s1. The zero-order chi connectivity index (χ0) is 25.3. The molecule has 6 nitrogen and oxygen atoms in total. The van der Waals surface area contributed by atoms with Crippen molar-refractivity contribution >= 4 is 28.2 Å². The molecule has 0 aliphatic heterocycles. The van der Waals surface area contributed by atoms with E-state index in [1.165, 1.54) is 13.0 Å². The van der Waals surface area contributed by atoms with E-state index in [0.29, 0.717) is 0 Å². The van der Waals surface area contributed by atoms with Gasteiger partial charge in [0.05, 0.1) is 30.3 Å². The molecule has 0 amide bonds. The van der Waals surface area contributed by atoms with Crippen molar-refractivity contribution in [2.24, 2.45) is 0 Å². The van der Waals surface area contributed by atoms with Crippen LogP contribution in [-0.2, 0) is 4.74 Å². The number of anilines is 1. The number of aromatic amines is 1. The van der Waals surface area contributed by atoms with Crippen LogP contribution in [-0.4, -0.2) is 42.2 Å². The lowest BCUT2D eigenvalue weighted by Crippen LogP contribution is -2.56. The predicted molar refractivity (Wildman–Crippen MR) is 116 cm³/mol. The third-order valence-electron chi connectivity index (χ3n) is 5.21. The highest BCUT2D eigenvalue weighted by atomic mass is 35.5. The summed E-state index contributed by atoms with van der Waals surface area (Å²) in [6.45, 7) is 0.0222. The van der Waals surface area contributed by atoms with Gasteiger partial charge in [0.25, 0.3) is 0 Å². The number of halogens is 6. The number of H-pyrrole nitrogens is 1. The van der Waals surface area contributed by atoms with Gasteiger partial charge < -0.3 is 24.9 Å². The predicted octanol–water partition coefficient (Wildman–Crippen LogP) is 4.95. The SMILES string of the molecule is CCOC[C@@](O)([C@@H](Nc1cc(F)cc2[nH]c(=O)ccc12)c1ccc(OC)c(F)c1Cl)C(F)(F)F. The summed E-state index contributed by atoms with van der Waals surface area (Å²) in [5, 5.41) is 12.8. The van der Waals surface area contributed by atoms with Crippen molar-refractivity contribution in [1.29, 1.82) is 0 Å². The summed E-state index contributed by atoms with van der Waals surface area (Å²) in [5.41, 5.74) is -4.91. The van der Waals surface area contributed by atoms with Crippen molar-refractivity contribution < 1.29 is 36.5 Å². The first-order valence-electron chi connectivity index (χ1n) is 9.90. The minimum atomic E-state index is -5.29. The molecule has 0 saturated carbocycles. The molecule has 1 aromatic heterocycles. The Kier molecular flexibility index (Phi) is 7.39. The van der Waals surface area contributed by atoms with Gasteiger partial charge in [0.15, 0.2) is 11.6 Å². The van der Waals surface area contributed by atoms with E-state index in [1.54, 1.807) is 0 Å². The van der Waals surface area contributed by atoms with Crippen molar-refractivity contribution in [2.45, 2.75) is 24.7 Å². The Labute approximate surface area is 195 Å².